The number of aliphatic carboxylic acids is 1. The van der Waals surface area contributed by atoms with Crippen molar-refractivity contribution in [1.82, 2.24) is 5.32 Å². The van der Waals surface area contributed by atoms with Gasteiger partial charge in [-0.15, -0.1) is 11.8 Å². The Morgan fingerprint density at radius 2 is 2.20 bits per heavy atom. The molecule has 1 amide bonds. The predicted octanol–water partition coefficient (Wildman–Crippen LogP) is 2.28. The molecule has 1 unspecified atom stereocenters. The summed E-state index contributed by atoms with van der Waals surface area (Å²) >= 11 is 7.37. The van der Waals surface area contributed by atoms with Gasteiger partial charge in [0.1, 0.15) is 0 Å². The van der Waals surface area contributed by atoms with Crippen molar-refractivity contribution < 1.29 is 19.4 Å². The van der Waals surface area contributed by atoms with Gasteiger partial charge in [-0.05, 0) is 24.0 Å². The number of benzene rings is 1. The van der Waals surface area contributed by atoms with Crippen LogP contribution in [-0.2, 0) is 9.53 Å². The van der Waals surface area contributed by atoms with Crippen molar-refractivity contribution in [2.45, 2.75) is 17.9 Å². The number of halogens is 1. The Balaban J connectivity index is 2.93. The Morgan fingerprint density at radius 1 is 1.50 bits per heavy atom. The topological polar surface area (TPSA) is 75.6 Å². The second-order valence-electron chi connectivity index (χ2n) is 3.89. The number of carboxylic acids is 1. The molecule has 0 aliphatic heterocycles. The zero-order valence-electron chi connectivity index (χ0n) is 11.2. The van der Waals surface area contributed by atoms with Crippen molar-refractivity contribution >= 4 is 35.2 Å². The Kier molecular flexibility index (Phi) is 6.84. The fourth-order valence-corrected chi connectivity index (χ4v) is 2.61. The highest BCUT2D eigenvalue weighted by Crippen LogP contribution is 2.26. The Hall–Kier alpha value is -1.24. The van der Waals surface area contributed by atoms with Gasteiger partial charge in [-0.3, -0.25) is 4.79 Å². The van der Waals surface area contributed by atoms with Crippen LogP contribution in [-0.4, -0.2) is 42.5 Å². The summed E-state index contributed by atoms with van der Waals surface area (Å²) in [6, 6.07) is 3.79. The van der Waals surface area contributed by atoms with E-state index in [1.54, 1.807) is 18.2 Å². The van der Waals surface area contributed by atoms with E-state index in [9.17, 15) is 9.59 Å². The minimum Gasteiger partial charge on any atom is -0.480 e. The summed E-state index contributed by atoms with van der Waals surface area (Å²) in [6.45, 7) is 1.86. The number of thioether (sulfide) groups is 1. The number of methoxy groups -OCH3 is 1. The second kappa shape index (κ2) is 8.14. The molecule has 0 bridgehead atoms. The van der Waals surface area contributed by atoms with Crippen LogP contribution in [0.15, 0.2) is 23.1 Å². The first-order valence-corrected chi connectivity index (χ1v) is 7.30. The lowest BCUT2D eigenvalue weighted by molar-refractivity contribution is -0.140. The van der Waals surface area contributed by atoms with Crippen LogP contribution < -0.4 is 5.32 Å². The molecule has 0 saturated heterocycles. The maximum atomic E-state index is 12.2. The van der Waals surface area contributed by atoms with Crippen molar-refractivity contribution in [3.05, 3.63) is 28.8 Å². The normalized spacial score (nSPS) is 11.9. The van der Waals surface area contributed by atoms with E-state index < -0.39 is 17.9 Å². The highest BCUT2D eigenvalue weighted by atomic mass is 35.5. The average molecular weight is 318 g/mol. The van der Waals surface area contributed by atoms with Crippen LogP contribution >= 0.6 is 23.4 Å². The smallest absolute Gasteiger partial charge is 0.328 e. The zero-order valence-corrected chi connectivity index (χ0v) is 12.8. The minimum atomic E-state index is -1.14. The molecule has 0 heterocycles. The number of amides is 1. The van der Waals surface area contributed by atoms with E-state index in [-0.39, 0.29) is 6.61 Å². The van der Waals surface area contributed by atoms with Gasteiger partial charge in [-0.2, -0.15) is 0 Å². The van der Waals surface area contributed by atoms with Gasteiger partial charge in [0.25, 0.3) is 5.91 Å². The molecule has 110 valence electrons. The van der Waals surface area contributed by atoms with Crippen LogP contribution in [0.1, 0.15) is 17.3 Å². The lowest BCUT2D eigenvalue weighted by atomic mass is 10.2. The molecule has 0 spiro atoms. The van der Waals surface area contributed by atoms with E-state index in [0.717, 1.165) is 10.6 Å². The molecule has 0 aliphatic rings. The quantitative estimate of drug-likeness (QED) is 0.755. The number of carbonyl (C=O) groups is 2. The van der Waals surface area contributed by atoms with E-state index >= 15 is 0 Å². The molecule has 20 heavy (non-hydrogen) atoms. The summed E-state index contributed by atoms with van der Waals surface area (Å²) in [5.41, 5.74) is 0.406. The Labute approximate surface area is 126 Å². The molecule has 7 heteroatoms. The first-order valence-electron chi connectivity index (χ1n) is 5.94. The highest BCUT2D eigenvalue weighted by molar-refractivity contribution is 7.99. The first kappa shape index (κ1) is 16.8. The number of carboxylic acid groups (broad SMARTS) is 1. The van der Waals surface area contributed by atoms with Crippen LogP contribution in [0.3, 0.4) is 0 Å². The lowest BCUT2D eigenvalue weighted by Gasteiger charge is -2.15. The summed E-state index contributed by atoms with van der Waals surface area (Å²) in [5.74, 6) is -0.818. The molecular weight excluding hydrogens is 302 g/mol. The monoisotopic (exact) mass is 317 g/mol. The lowest BCUT2D eigenvalue weighted by Crippen LogP contribution is -2.43. The number of nitrogens with one attached hydrogen (secondary N) is 1. The van der Waals surface area contributed by atoms with Gasteiger partial charge in [0.05, 0.1) is 12.2 Å². The van der Waals surface area contributed by atoms with Gasteiger partial charge in [0.15, 0.2) is 6.04 Å². The molecule has 1 aromatic carbocycles. The fourth-order valence-electron chi connectivity index (χ4n) is 1.54. The number of ether oxygens (including phenoxy) is 1. The number of hydrogen-bond acceptors (Lipinski definition) is 4. The molecule has 1 aromatic rings. The van der Waals surface area contributed by atoms with Crippen LogP contribution in [0.5, 0.6) is 0 Å². The third-order valence-corrected chi connectivity index (χ3v) is 3.60. The first-order chi connectivity index (χ1) is 9.49. The predicted molar refractivity (Wildman–Crippen MR) is 78.6 cm³/mol. The van der Waals surface area contributed by atoms with Crippen LogP contribution in [0.2, 0.25) is 5.02 Å². The Bertz CT molecular complexity index is 495. The van der Waals surface area contributed by atoms with E-state index in [4.69, 9.17) is 21.4 Å². The van der Waals surface area contributed by atoms with Crippen molar-refractivity contribution in [3.63, 3.8) is 0 Å². The van der Waals surface area contributed by atoms with E-state index in [1.807, 2.05) is 6.92 Å². The van der Waals surface area contributed by atoms with Crippen molar-refractivity contribution in [2.24, 2.45) is 0 Å². The van der Waals surface area contributed by atoms with Crippen LogP contribution in [0.25, 0.3) is 0 Å². The van der Waals surface area contributed by atoms with Gasteiger partial charge in [0, 0.05) is 17.0 Å². The molecule has 2 N–H and O–H groups in total. The summed E-state index contributed by atoms with van der Waals surface area (Å²) in [5, 5.41) is 12.0. The molecule has 0 radical (unpaired) electrons. The molecule has 0 aromatic heterocycles. The standard InChI is InChI=1S/C13H16ClNO4S/c1-3-20-11-6-8(14)4-5-9(11)12(16)15-10(7-19-2)13(17)18/h4-6,10H,3,7H2,1-2H3,(H,15,16)(H,17,18). The fraction of sp³-hybridized carbons (Fsp3) is 0.385. The Morgan fingerprint density at radius 3 is 2.75 bits per heavy atom. The molecular formula is C13H16ClNO4S. The van der Waals surface area contributed by atoms with E-state index in [2.05, 4.69) is 5.32 Å². The number of rotatable bonds is 7. The zero-order chi connectivity index (χ0) is 15.1. The van der Waals surface area contributed by atoms with Gasteiger partial charge in [-0.1, -0.05) is 18.5 Å². The minimum absolute atomic E-state index is 0.0923. The van der Waals surface area contributed by atoms with E-state index in [1.165, 1.54) is 18.9 Å². The van der Waals surface area contributed by atoms with Crippen LogP contribution in [0.4, 0.5) is 0 Å². The molecule has 1 rings (SSSR count). The molecule has 0 aliphatic carbocycles. The van der Waals surface area contributed by atoms with Crippen molar-refractivity contribution in [1.29, 1.82) is 0 Å². The highest BCUT2D eigenvalue weighted by Gasteiger charge is 2.22. The summed E-state index contributed by atoms with van der Waals surface area (Å²) in [4.78, 5) is 23.9. The maximum Gasteiger partial charge on any atom is 0.328 e. The average Bonchev–Trinajstić information content (AvgIpc) is 2.38. The van der Waals surface area contributed by atoms with Crippen molar-refractivity contribution in [3.8, 4) is 0 Å². The van der Waals surface area contributed by atoms with Gasteiger partial charge >= 0.3 is 5.97 Å². The summed E-state index contributed by atoms with van der Waals surface area (Å²) in [6.07, 6.45) is 0. The summed E-state index contributed by atoms with van der Waals surface area (Å²) in [7, 11) is 1.38. The molecule has 5 nitrogen and oxygen atoms in total. The number of carbonyl (C=O) groups excluding carboxylic acids is 1. The summed E-state index contributed by atoms with van der Waals surface area (Å²) < 4.78 is 4.78. The van der Waals surface area contributed by atoms with Gasteiger partial charge in [-0.25, -0.2) is 4.79 Å². The molecule has 0 saturated carbocycles. The molecule has 0 fully saturated rings. The third-order valence-electron chi connectivity index (χ3n) is 2.42. The largest absolute Gasteiger partial charge is 0.480 e. The van der Waals surface area contributed by atoms with Gasteiger partial charge < -0.3 is 15.2 Å². The second-order valence-corrected chi connectivity index (χ2v) is 5.64. The van der Waals surface area contributed by atoms with Crippen LogP contribution in [0, 0.1) is 0 Å². The molecule has 1 atom stereocenters. The maximum absolute atomic E-state index is 12.2. The number of hydrogen-bond donors (Lipinski definition) is 2. The van der Waals surface area contributed by atoms with Gasteiger partial charge in [0.2, 0.25) is 0 Å². The SMILES string of the molecule is CCSc1cc(Cl)ccc1C(=O)NC(COC)C(=O)O. The van der Waals surface area contributed by atoms with Crippen molar-refractivity contribution in [2.75, 3.05) is 19.5 Å². The van der Waals surface area contributed by atoms with E-state index in [0.29, 0.717) is 10.6 Å². The third kappa shape index (κ3) is 4.70.